The Labute approximate surface area is 236 Å². The van der Waals surface area contributed by atoms with Gasteiger partial charge in [-0.05, 0) is 17.7 Å². The van der Waals surface area contributed by atoms with Crippen molar-refractivity contribution in [2.24, 2.45) is 0 Å². The molecule has 2 aromatic carbocycles. The Morgan fingerprint density at radius 1 is 0.786 bits per heavy atom. The van der Waals surface area contributed by atoms with Crippen LogP contribution in [0.4, 0.5) is 0 Å². The summed E-state index contributed by atoms with van der Waals surface area (Å²) in [6.07, 6.45) is -18.0. The molecule has 16 heteroatoms. The molecule has 16 nitrogen and oxygen atoms in total. The highest BCUT2D eigenvalue weighted by molar-refractivity contribution is 6.05. The third kappa shape index (κ3) is 5.57. The van der Waals surface area contributed by atoms with Crippen molar-refractivity contribution in [2.45, 2.75) is 67.5 Å². The molecule has 0 spiro atoms. The van der Waals surface area contributed by atoms with Crippen LogP contribution in [0.25, 0.3) is 0 Å². The number of Topliss-reactive ketones (excluding diaryl/α,β-unsaturated/α-hetero) is 1. The fourth-order valence-electron chi connectivity index (χ4n) is 4.93. The second-order valence-electron chi connectivity index (χ2n) is 10.1. The van der Waals surface area contributed by atoms with Gasteiger partial charge in [0.05, 0.1) is 13.2 Å². The van der Waals surface area contributed by atoms with Crippen molar-refractivity contribution in [1.82, 2.24) is 0 Å². The van der Waals surface area contributed by atoms with E-state index in [9.17, 15) is 55.9 Å². The van der Waals surface area contributed by atoms with Crippen LogP contribution in [0.2, 0.25) is 0 Å². The molecule has 3 unspecified atom stereocenters. The van der Waals surface area contributed by atoms with E-state index in [-0.39, 0.29) is 23.5 Å². The first-order valence-corrected chi connectivity index (χ1v) is 12.8. The number of phenolic OH excluding ortho intramolecular Hbond substituents is 4. The fourth-order valence-corrected chi connectivity index (χ4v) is 4.93. The number of aliphatic hydroxyl groups excluding tert-OH is 6. The average Bonchev–Trinajstić information content (AvgIpc) is 2.94. The van der Waals surface area contributed by atoms with Gasteiger partial charge in [-0.2, -0.15) is 0 Å². The summed E-state index contributed by atoms with van der Waals surface area (Å²) in [6, 6.07) is 5.44. The molecule has 3 heterocycles. The summed E-state index contributed by atoms with van der Waals surface area (Å²) in [5, 5.41) is 101. The lowest BCUT2D eigenvalue weighted by Gasteiger charge is -2.43. The Balaban J connectivity index is 1.40. The number of rotatable bonds is 6. The molecule has 2 aromatic rings. The third-order valence-electron chi connectivity index (χ3n) is 7.26. The van der Waals surface area contributed by atoms with Crippen LogP contribution < -0.4 is 4.74 Å². The maximum absolute atomic E-state index is 13.6. The lowest BCUT2D eigenvalue weighted by Crippen LogP contribution is -2.61. The number of hydrogen-bond acceptors (Lipinski definition) is 16. The third-order valence-corrected chi connectivity index (χ3v) is 7.26. The van der Waals surface area contributed by atoms with Gasteiger partial charge in [0.2, 0.25) is 5.78 Å². The van der Waals surface area contributed by atoms with Gasteiger partial charge in [0.25, 0.3) is 0 Å². The van der Waals surface area contributed by atoms with Gasteiger partial charge in [0, 0.05) is 12.1 Å². The zero-order chi connectivity index (χ0) is 30.5. The minimum Gasteiger partial charge on any atom is -0.508 e. The number of aliphatic hydroxyl groups is 6. The van der Waals surface area contributed by atoms with Gasteiger partial charge in [-0.3, -0.25) is 4.79 Å². The van der Waals surface area contributed by atoms with E-state index in [4.69, 9.17) is 23.7 Å². The van der Waals surface area contributed by atoms with Crippen molar-refractivity contribution in [2.75, 3.05) is 13.2 Å². The molecule has 230 valence electrons. The van der Waals surface area contributed by atoms with Gasteiger partial charge < -0.3 is 74.7 Å². The molecule has 0 radical (unpaired) electrons. The lowest BCUT2D eigenvalue weighted by atomic mass is 9.92. The van der Waals surface area contributed by atoms with Crippen LogP contribution in [-0.2, 0) is 18.9 Å². The highest BCUT2D eigenvalue weighted by Gasteiger charge is 2.50. The lowest BCUT2D eigenvalue weighted by molar-refractivity contribution is -0.327. The first-order chi connectivity index (χ1) is 19.9. The van der Waals surface area contributed by atoms with E-state index in [0.29, 0.717) is 0 Å². The first-order valence-electron chi connectivity index (χ1n) is 12.8. The summed E-state index contributed by atoms with van der Waals surface area (Å²) in [6.45, 7) is -0.948. The topological polar surface area (TPSA) is 266 Å². The van der Waals surface area contributed by atoms with Crippen LogP contribution in [0, 0.1) is 0 Å². The second-order valence-corrected chi connectivity index (χ2v) is 10.1. The Kier molecular flexibility index (Phi) is 8.46. The van der Waals surface area contributed by atoms with Gasteiger partial charge in [0.1, 0.15) is 65.5 Å². The number of ether oxygens (including phenoxy) is 5. The molecule has 0 aliphatic carbocycles. The zero-order valence-corrected chi connectivity index (χ0v) is 21.6. The van der Waals surface area contributed by atoms with E-state index >= 15 is 0 Å². The van der Waals surface area contributed by atoms with Crippen molar-refractivity contribution in [3.8, 4) is 28.7 Å². The highest BCUT2D eigenvalue weighted by Crippen LogP contribution is 2.44. The number of benzene rings is 2. The first kappa shape index (κ1) is 30.2. The summed E-state index contributed by atoms with van der Waals surface area (Å²) in [7, 11) is 0. The number of carbonyl (C=O) groups is 1. The number of fused-ring (bicyclic) bond motifs is 1. The molecule has 0 amide bonds. The van der Waals surface area contributed by atoms with Crippen LogP contribution >= 0.6 is 0 Å². The van der Waals surface area contributed by atoms with Gasteiger partial charge in [-0.1, -0.05) is 6.07 Å². The van der Waals surface area contributed by atoms with Crippen LogP contribution in [-0.4, -0.2) is 131 Å². The molecular formula is C26H30O16. The van der Waals surface area contributed by atoms with Gasteiger partial charge >= 0.3 is 0 Å². The molecule has 10 N–H and O–H groups in total. The van der Waals surface area contributed by atoms with E-state index < -0.39 is 103 Å². The molecule has 3 aliphatic rings. The van der Waals surface area contributed by atoms with Crippen LogP contribution in [0.5, 0.6) is 28.7 Å². The molecule has 2 fully saturated rings. The molecule has 0 bridgehead atoms. The average molecular weight is 599 g/mol. The number of ketones is 1. The SMILES string of the molecule is O=C1c2c(O)cc(O)cc2OC(c2ccc(O)c(O)c2)C1O[C@H]1O[C@@H](COC2OC[C@H](O)[C@H](O)[C@H]2O)[C@H](O)[C@@H](O)[C@@H]1O. The van der Waals surface area contributed by atoms with Crippen molar-refractivity contribution in [3.63, 3.8) is 0 Å². The number of aromatic hydroxyl groups is 4. The summed E-state index contributed by atoms with van der Waals surface area (Å²) in [4.78, 5) is 13.6. The van der Waals surface area contributed by atoms with Crippen LogP contribution in [0.15, 0.2) is 30.3 Å². The van der Waals surface area contributed by atoms with E-state index in [1.165, 1.54) is 6.07 Å². The summed E-state index contributed by atoms with van der Waals surface area (Å²) < 4.78 is 27.8. The Bertz CT molecular complexity index is 1300. The Morgan fingerprint density at radius 3 is 2.21 bits per heavy atom. The van der Waals surface area contributed by atoms with Crippen LogP contribution in [0.3, 0.4) is 0 Å². The Morgan fingerprint density at radius 2 is 1.50 bits per heavy atom. The van der Waals surface area contributed by atoms with E-state index in [1.54, 1.807) is 0 Å². The van der Waals surface area contributed by atoms with E-state index in [1.807, 2.05) is 0 Å². The Hall–Kier alpha value is -3.29. The van der Waals surface area contributed by atoms with Gasteiger partial charge in [-0.25, -0.2) is 0 Å². The molecule has 42 heavy (non-hydrogen) atoms. The monoisotopic (exact) mass is 598 g/mol. The molecule has 0 aromatic heterocycles. The van der Waals surface area contributed by atoms with E-state index in [2.05, 4.69) is 0 Å². The standard InChI is InChI=1S/C26H30O16/c27-9-4-12(30)16-14(5-9)40-23(8-1-2-10(28)11(29)3-8)24(19(16)34)42-26-22(37)20(35)18(33)15(41-26)7-39-25-21(36)17(32)13(31)6-38-25/h1-5,13,15,17-18,20-33,35-37H,6-7H2/t13-,15-,17-,18-,20+,21+,22-,23?,24?,25?,26+/m0/s1. The van der Waals surface area contributed by atoms with Crippen molar-refractivity contribution < 1.29 is 79.5 Å². The second kappa shape index (κ2) is 11.8. The molecule has 11 atom stereocenters. The number of phenols is 4. The maximum Gasteiger partial charge on any atom is 0.203 e. The van der Waals surface area contributed by atoms with E-state index in [0.717, 1.165) is 24.3 Å². The molecule has 5 rings (SSSR count). The van der Waals surface area contributed by atoms with Crippen LogP contribution in [0.1, 0.15) is 22.0 Å². The predicted octanol–water partition coefficient (Wildman–Crippen LogP) is -2.53. The van der Waals surface area contributed by atoms with Crippen molar-refractivity contribution in [1.29, 1.82) is 0 Å². The zero-order valence-electron chi connectivity index (χ0n) is 21.6. The molecule has 2 saturated heterocycles. The molecule has 3 aliphatic heterocycles. The van der Waals surface area contributed by atoms with Gasteiger partial charge in [-0.15, -0.1) is 0 Å². The summed E-state index contributed by atoms with van der Waals surface area (Å²) >= 11 is 0. The number of hydrogen-bond donors (Lipinski definition) is 10. The largest absolute Gasteiger partial charge is 0.508 e. The van der Waals surface area contributed by atoms with Crippen molar-refractivity contribution in [3.05, 3.63) is 41.5 Å². The molecular weight excluding hydrogens is 568 g/mol. The predicted molar refractivity (Wildman–Crippen MR) is 133 cm³/mol. The maximum atomic E-state index is 13.6. The van der Waals surface area contributed by atoms with Gasteiger partial charge in [0.15, 0.2) is 36.3 Å². The molecule has 0 saturated carbocycles. The normalized spacial score (nSPS) is 36.7. The minimum atomic E-state index is -1.93. The fraction of sp³-hybridized carbons (Fsp3) is 0.500. The highest BCUT2D eigenvalue weighted by atomic mass is 16.7. The smallest absolute Gasteiger partial charge is 0.203 e. The number of carbonyl (C=O) groups excluding carboxylic acids is 1. The minimum absolute atomic E-state index is 0.0899. The quantitative estimate of drug-likeness (QED) is 0.154. The van der Waals surface area contributed by atoms with Crippen molar-refractivity contribution >= 4 is 5.78 Å². The summed E-state index contributed by atoms with van der Waals surface area (Å²) in [5.74, 6) is -3.26. The summed E-state index contributed by atoms with van der Waals surface area (Å²) in [5.41, 5.74) is -0.293.